The van der Waals surface area contributed by atoms with Crippen LogP contribution in [0.2, 0.25) is 0 Å². The molecule has 1 N–H and O–H groups in total. The van der Waals surface area contributed by atoms with Crippen molar-refractivity contribution in [3.8, 4) is 0 Å². The Morgan fingerprint density at radius 1 is 1.09 bits per heavy atom. The summed E-state index contributed by atoms with van der Waals surface area (Å²) in [6.07, 6.45) is 0. The SMILES string of the molecule is COC(=O)c1cc(NC(=O)C(F)(F)c2ccccc2)ccc1F. The predicted molar refractivity (Wildman–Crippen MR) is 76.7 cm³/mol. The largest absolute Gasteiger partial charge is 0.465 e. The Balaban J connectivity index is 2.25. The lowest BCUT2D eigenvalue weighted by Gasteiger charge is -2.16. The second kappa shape index (κ2) is 6.51. The molecule has 1 amide bonds. The molecule has 120 valence electrons. The number of carbonyl (C=O) groups is 2. The summed E-state index contributed by atoms with van der Waals surface area (Å²) in [5.41, 5.74) is -1.09. The van der Waals surface area contributed by atoms with Gasteiger partial charge in [-0.05, 0) is 18.2 Å². The van der Waals surface area contributed by atoms with Gasteiger partial charge in [-0.3, -0.25) is 4.79 Å². The molecule has 2 aromatic carbocycles. The number of methoxy groups -OCH3 is 1. The third kappa shape index (κ3) is 3.50. The average Bonchev–Trinajstić information content (AvgIpc) is 2.56. The van der Waals surface area contributed by atoms with Crippen LogP contribution in [0.15, 0.2) is 48.5 Å². The lowest BCUT2D eigenvalue weighted by Crippen LogP contribution is -2.32. The van der Waals surface area contributed by atoms with Crippen LogP contribution in [0, 0.1) is 5.82 Å². The molecule has 0 aliphatic heterocycles. The normalized spacial score (nSPS) is 11.0. The van der Waals surface area contributed by atoms with Crippen LogP contribution in [0.3, 0.4) is 0 Å². The molecule has 0 spiro atoms. The van der Waals surface area contributed by atoms with Gasteiger partial charge in [0, 0.05) is 11.3 Å². The van der Waals surface area contributed by atoms with Crippen LogP contribution in [0.5, 0.6) is 0 Å². The molecule has 0 saturated heterocycles. The van der Waals surface area contributed by atoms with Gasteiger partial charge in [0.05, 0.1) is 12.7 Å². The van der Waals surface area contributed by atoms with Crippen molar-refractivity contribution in [3.05, 3.63) is 65.5 Å². The Morgan fingerprint density at radius 3 is 2.35 bits per heavy atom. The highest BCUT2D eigenvalue weighted by atomic mass is 19.3. The Bertz CT molecular complexity index is 733. The summed E-state index contributed by atoms with van der Waals surface area (Å²) >= 11 is 0. The van der Waals surface area contributed by atoms with Gasteiger partial charge in [0.15, 0.2) is 0 Å². The van der Waals surface area contributed by atoms with Crippen LogP contribution in [-0.4, -0.2) is 19.0 Å². The van der Waals surface area contributed by atoms with Crippen molar-refractivity contribution in [2.45, 2.75) is 5.92 Å². The van der Waals surface area contributed by atoms with Gasteiger partial charge in [0.25, 0.3) is 5.91 Å². The molecule has 0 unspecified atom stereocenters. The van der Waals surface area contributed by atoms with E-state index in [9.17, 15) is 22.8 Å². The first-order chi connectivity index (χ1) is 10.9. The van der Waals surface area contributed by atoms with E-state index < -0.39 is 34.7 Å². The van der Waals surface area contributed by atoms with Crippen molar-refractivity contribution in [1.29, 1.82) is 0 Å². The number of hydrogen-bond acceptors (Lipinski definition) is 3. The monoisotopic (exact) mass is 323 g/mol. The molecule has 2 rings (SSSR count). The number of carbonyl (C=O) groups excluding carboxylic acids is 2. The lowest BCUT2D eigenvalue weighted by atomic mass is 10.1. The van der Waals surface area contributed by atoms with Crippen molar-refractivity contribution in [1.82, 2.24) is 0 Å². The number of ether oxygens (including phenoxy) is 1. The Hall–Kier alpha value is -2.83. The molecule has 0 fully saturated rings. The third-order valence-corrected chi connectivity index (χ3v) is 3.05. The maximum absolute atomic E-state index is 14.1. The van der Waals surface area contributed by atoms with Gasteiger partial charge in [0.1, 0.15) is 5.82 Å². The number of anilines is 1. The van der Waals surface area contributed by atoms with E-state index in [-0.39, 0.29) is 5.69 Å². The zero-order valence-electron chi connectivity index (χ0n) is 12.0. The molecule has 23 heavy (non-hydrogen) atoms. The number of rotatable bonds is 4. The third-order valence-electron chi connectivity index (χ3n) is 3.05. The molecule has 0 radical (unpaired) electrons. The summed E-state index contributed by atoms with van der Waals surface area (Å²) in [5.74, 6) is -7.23. The number of halogens is 3. The highest BCUT2D eigenvalue weighted by Gasteiger charge is 2.40. The summed E-state index contributed by atoms with van der Waals surface area (Å²) in [5, 5.41) is 1.96. The van der Waals surface area contributed by atoms with Crippen molar-refractivity contribution >= 4 is 17.6 Å². The Kier molecular flexibility index (Phi) is 4.68. The Labute approximate surface area is 129 Å². The highest BCUT2D eigenvalue weighted by Crippen LogP contribution is 2.29. The van der Waals surface area contributed by atoms with Crippen molar-refractivity contribution < 1.29 is 27.5 Å². The fourth-order valence-electron chi connectivity index (χ4n) is 1.86. The maximum Gasteiger partial charge on any atom is 0.350 e. The number of alkyl halides is 2. The van der Waals surface area contributed by atoms with Crippen LogP contribution in [0.4, 0.5) is 18.9 Å². The molecule has 0 aromatic heterocycles. The molecule has 0 aliphatic carbocycles. The van der Waals surface area contributed by atoms with Gasteiger partial charge in [-0.15, -0.1) is 0 Å². The van der Waals surface area contributed by atoms with Crippen molar-refractivity contribution in [2.24, 2.45) is 0 Å². The number of nitrogens with one attached hydrogen (secondary N) is 1. The molecule has 7 heteroatoms. The van der Waals surface area contributed by atoms with E-state index >= 15 is 0 Å². The number of esters is 1. The van der Waals surface area contributed by atoms with E-state index in [0.717, 1.165) is 37.4 Å². The van der Waals surface area contributed by atoms with Crippen LogP contribution < -0.4 is 5.32 Å². The zero-order valence-corrected chi connectivity index (χ0v) is 12.0. The first kappa shape index (κ1) is 16.5. The van der Waals surface area contributed by atoms with E-state index in [1.807, 2.05) is 5.32 Å². The van der Waals surface area contributed by atoms with E-state index in [1.165, 1.54) is 12.1 Å². The van der Waals surface area contributed by atoms with E-state index in [2.05, 4.69) is 4.74 Å². The lowest BCUT2D eigenvalue weighted by molar-refractivity contribution is -0.140. The van der Waals surface area contributed by atoms with Crippen LogP contribution in [0.1, 0.15) is 15.9 Å². The minimum absolute atomic E-state index is 0.146. The number of amides is 1. The zero-order chi connectivity index (χ0) is 17.0. The second-order valence-corrected chi connectivity index (χ2v) is 4.58. The summed E-state index contributed by atoms with van der Waals surface area (Å²) in [7, 11) is 1.05. The second-order valence-electron chi connectivity index (χ2n) is 4.58. The first-order valence-corrected chi connectivity index (χ1v) is 6.49. The van der Waals surface area contributed by atoms with Gasteiger partial charge in [-0.2, -0.15) is 8.78 Å². The summed E-state index contributed by atoms with van der Waals surface area (Å²) in [6.45, 7) is 0. The van der Waals surface area contributed by atoms with Gasteiger partial charge in [-0.1, -0.05) is 30.3 Å². The molecular weight excluding hydrogens is 311 g/mol. The van der Waals surface area contributed by atoms with Gasteiger partial charge >= 0.3 is 11.9 Å². The van der Waals surface area contributed by atoms with E-state index in [4.69, 9.17) is 0 Å². The summed E-state index contributed by atoms with van der Waals surface area (Å²) in [4.78, 5) is 23.2. The molecule has 2 aromatic rings. The van der Waals surface area contributed by atoms with Crippen LogP contribution in [-0.2, 0) is 15.5 Å². The van der Waals surface area contributed by atoms with E-state index in [1.54, 1.807) is 6.07 Å². The van der Waals surface area contributed by atoms with Gasteiger partial charge < -0.3 is 10.1 Å². The van der Waals surface area contributed by atoms with Crippen molar-refractivity contribution in [3.63, 3.8) is 0 Å². The highest BCUT2D eigenvalue weighted by molar-refractivity contribution is 5.98. The summed E-state index contributed by atoms with van der Waals surface area (Å²) < 4.78 is 46.0. The minimum Gasteiger partial charge on any atom is -0.465 e. The van der Waals surface area contributed by atoms with Crippen molar-refractivity contribution in [2.75, 3.05) is 12.4 Å². The van der Waals surface area contributed by atoms with E-state index in [0.29, 0.717) is 0 Å². The van der Waals surface area contributed by atoms with Crippen LogP contribution in [0.25, 0.3) is 0 Å². The summed E-state index contributed by atoms with van der Waals surface area (Å²) in [6, 6.07) is 9.41. The molecule has 4 nitrogen and oxygen atoms in total. The fourth-order valence-corrected chi connectivity index (χ4v) is 1.86. The number of hydrogen-bond donors (Lipinski definition) is 1. The average molecular weight is 323 g/mol. The molecule has 0 aliphatic rings. The minimum atomic E-state index is -3.78. The number of benzene rings is 2. The predicted octanol–water partition coefficient (Wildman–Crippen LogP) is 3.34. The first-order valence-electron chi connectivity index (χ1n) is 6.49. The molecule has 0 bridgehead atoms. The molecule has 0 saturated carbocycles. The maximum atomic E-state index is 14.1. The van der Waals surface area contributed by atoms with Crippen LogP contribution >= 0.6 is 0 Å². The van der Waals surface area contributed by atoms with Gasteiger partial charge in [0.2, 0.25) is 0 Å². The fraction of sp³-hybridized carbons (Fsp3) is 0.125. The molecular formula is C16H12F3NO3. The van der Waals surface area contributed by atoms with Gasteiger partial charge in [-0.25, -0.2) is 9.18 Å². The quantitative estimate of drug-likeness (QED) is 0.878. The smallest absolute Gasteiger partial charge is 0.350 e. The standard InChI is InChI=1S/C16H12F3NO3/c1-23-14(21)12-9-11(7-8-13(12)17)20-15(22)16(18,19)10-5-3-2-4-6-10/h2-9H,1H3,(H,20,22). The molecule has 0 atom stereocenters. The molecule has 0 heterocycles. The topological polar surface area (TPSA) is 55.4 Å². The Morgan fingerprint density at radius 2 is 1.74 bits per heavy atom.